The Bertz CT molecular complexity index is 414. The fraction of sp³-hybridized carbons (Fsp3) is 0.538. The standard InChI is InChI=1S/C13H18ClFN2O2/c14-6-10(18)7-17-9-1-2-11(12(15)5-9)13-8-16-3-4-19-13/h1-2,5,10,13,16-18H,3-4,6-8H2. The van der Waals surface area contributed by atoms with Gasteiger partial charge in [0.1, 0.15) is 5.82 Å². The summed E-state index contributed by atoms with van der Waals surface area (Å²) in [4.78, 5) is 0. The van der Waals surface area contributed by atoms with Crippen LogP contribution in [0.5, 0.6) is 0 Å². The quantitative estimate of drug-likeness (QED) is 0.719. The number of halogens is 2. The molecule has 1 aliphatic rings. The third kappa shape index (κ3) is 4.04. The first-order chi connectivity index (χ1) is 9.20. The smallest absolute Gasteiger partial charge is 0.131 e. The maximum Gasteiger partial charge on any atom is 0.131 e. The summed E-state index contributed by atoms with van der Waals surface area (Å²) in [6, 6.07) is 4.90. The van der Waals surface area contributed by atoms with Gasteiger partial charge in [-0.1, -0.05) is 6.07 Å². The minimum Gasteiger partial charge on any atom is -0.390 e. The van der Waals surface area contributed by atoms with Crippen LogP contribution in [0.4, 0.5) is 10.1 Å². The van der Waals surface area contributed by atoms with E-state index in [4.69, 9.17) is 16.3 Å². The van der Waals surface area contributed by atoms with E-state index < -0.39 is 6.10 Å². The van der Waals surface area contributed by atoms with Crippen molar-refractivity contribution in [1.82, 2.24) is 5.32 Å². The number of hydrogen-bond acceptors (Lipinski definition) is 4. The van der Waals surface area contributed by atoms with Crippen LogP contribution in [-0.2, 0) is 4.74 Å². The van der Waals surface area contributed by atoms with Crippen molar-refractivity contribution in [3.05, 3.63) is 29.6 Å². The van der Waals surface area contributed by atoms with Gasteiger partial charge >= 0.3 is 0 Å². The van der Waals surface area contributed by atoms with E-state index in [1.54, 1.807) is 12.1 Å². The fourth-order valence-corrected chi connectivity index (χ4v) is 2.06. The molecule has 6 heteroatoms. The molecule has 0 spiro atoms. The Balaban J connectivity index is 2.00. The third-order valence-electron chi connectivity index (χ3n) is 2.99. The Labute approximate surface area is 116 Å². The Morgan fingerprint density at radius 1 is 1.58 bits per heavy atom. The molecule has 3 N–H and O–H groups in total. The second-order valence-corrected chi connectivity index (χ2v) is 4.80. The molecule has 0 bridgehead atoms. The number of aliphatic hydroxyl groups is 1. The molecule has 0 radical (unpaired) electrons. The Kier molecular flexibility index (Phi) is 5.39. The zero-order valence-corrected chi connectivity index (χ0v) is 11.3. The van der Waals surface area contributed by atoms with Gasteiger partial charge in [-0.15, -0.1) is 11.6 Å². The number of rotatable bonds is 5. The van der Waals surface area contributed by atoms with Gasteiger partial charge in [0.05, 0.1) is 24.7 Å². The van der Waals surface area contributed by atoms with Gasteiger partial charge in [-0.2, -0.15) is 0 Å². The molecule has 106 valence electrons. The molecule has 1 heterocycles. The van der Waals surface area contributed by atoms with Gasteiger partial charge in [0, 0.05) is 30.9 Å². The first-order valence-electron chi connectivity index (χ1n) is 6.30. The molecule has 2 atom stereocenters. The van der Waals surface area contributed by atoms with Crippen LogP contribution < -0.4 is 10.6 Å². The van der Waals surface area contributed by atoms with E-state index in [9.17, 15) is 9.50 Å². The van der Waals surface area contributed by atoms with Crippen LogP contribution in [0.3, 0.4) is 0 Å². The van der Waals surface area contributed by atoms with Gasteiger partial charge in [0.2, 0.25) is 0 Å². The minimum atomic E-state index is -0.643. The number of anilines is 1. The van der Waals surface area contributed by atoms with Crippen molar-refractivity contribution in [3.63, 3.8) is 0 Å². The number of ether oxygens (including phenoxy) is 1. The van der Waals surface area contributed by atoms with E-state index >= 15 is 0 Å². The molecule has 2 unspecified atom stereocenters. The second kappa shape index (κ2) is 7.05. The lowest BCUT2D eigenvalue weighted by molar-refractivity contribution is 0.0255. The summed E-state index contributed by atoms with van der Waals surface area (Å²) >= 11 is 5.49. The summed E-state index contributed by atoms with van der Waals surface area (Å²) in [5.74, 6) is -0.158. The molecule has 4 nitrogen and oxygen atoms in total. The lowest BCUT2D eigenvalue weighted by Crippen LogP contribution is -2.33. The molecule has 1 aromatic carbocycles. The second-order valence-electron chi connectivity index (χ2n) is 4.49. The van der Waals surface area contributed by atoms with Crippen LogP contribution in [0.2, 0.25) is 0 Å². The first kappa shape index (κ1) is 14.5. The Morgan fingerprint density at radius 3 is 3.05 bits per heavy atom. The van der Waals surface area contributed by atoms with E-state index in [-0.39, 0.29) is 17.8 Å². The van der Waals surface area contributed by atoms with Crippen LogP contribution in [0.25, 0.3) is 0 Å². The highest BCUT2D eigenvalue weighted by Crippen LogP contribution is 2.24. The minimum absolute atomic E-state index is 0.148. The molecule has 1 fully saturated rings. The van der Waals surface area contributed by atoms with E-state index in [0.717, 1.165) is 6.54 Å². The molecule has 0 amide bonds. The number of aliphatic hydroxyl groups excluding tert-OH is 1. The van der Waals surface area contributed by atoms with Crippen LogP contribution in [0.1, 0.15) is 11.7 Å². The number of morpholine rings is 1. The Morgan fingerprint density at radius 2 is 2.42 bits per heavy atom. The first-order valence-corrected chi connectivity index (χ1v) is 6.84. The van der Waals surface area contributed by atoms with Crippen LogP contribution in [0.15, 0.2) is 18.2 Å². The molecule has 0 saturated carbocycles. The topological polar surface area (TPSA) is 53.5 Å². The number of alkyl halides is 1. The molecule has 1 saturated heterocycles. The van der Waals surface area contributed by atoms with Gasteiger partial charge in [-0.05, 0) is 12.1 Å². The number of benzene rings is 1. The molecule has 19 heavy (non-hydrogen) atoms. The molecule has 2 rings (SSSR count). The third-order valence-corrected chi connectivity index (χ3v) is 3.35. The normalized spacial score (nSPS) is 21.1. The average Bonchev–Trinajstić information content (AvgIpc) is 2.45. The van der Waals surface area contributed by atoms with Gasteiger partial charge in [0.15, 0.2) is 0 Å². The largest absolute Gasteiger partial charge is 0.390 e. The van der Waals surface area contributed by atoms with Crippen molar-refractivity contribution in [2.45, 2.75) is 12.2 Å². The zero-order chi connectivity index (χ0) is 13.7. The van der Waals surface area contributed by atoms with Gasteiger partial charge in [-0.25, -0.2) is 4.39 Å². The van der Waals surface area contributed by atoms with Crippen molar-refractivity contribution in [1.29, 1.82) is 0 Å². The molecular formula is C13H18ClFN2O2. The average molecular weight is 289 g/mol. The van der Waals surface area contributed by atoms with E-state index in [1.807, 2.05) is 0 Å². The summed E-state index contributed by atoms with van der Waals surface area (Å²) in [6.45, 7) is 2.30. The summed E-state index contributed by atoms with van der Waals surface area (Å²) in [5.41, 5.74) is 1.17. The lowest BCUT2D eigenvalue weighted by atomic mass is 10.1. The van der Waals surface area contributed by atoms with E-state index in [0.29, 0.717) is 30.9 Å². The van der Waals surface area contributed by atoms with Crippen LogP contribution in [0, 0.1) is 5.82 Å². The van der Waals surface area contributed by atoms with Crippen LogP contribution in [-0.4, -0.2) is 43.3 Å². The van der Waals surface area contributed by atoms with Gasteiger partial charge < -0.3 is 20.5 Å². The molecule has 0 aliphatic carbocycles. The summed E-state index contributed by atoms with van der Waals surface area (Å²) in [7, 11) is 0. The van der Waals surface area contributed by atoms with Gasteiger partial charge in [0.25, 0.3) is 0 Å². The maximum atomic E-state index is 14.0. The van der Waals surface area contributed by atoms with Crippen molar-refractivity contribution in [3.8, 4) is 0 Å². The summed E-state index contributed by atoms with van der Waals surface area (Å²) in [6.07, 6.45) is -0.883. The van der Waals surface area contributed by atoms with Crippen LogP contribution >= 0.6 is 11.6 Å². The number of hydrogen-bond donors (Lipinski definition) is 3. The molecular weight excluding hydrogens is 271 g/mol. The van der Waals surface area contributed by atoms with Gasteiger partial charge in [-0.3, -0.25) is 0 Å². The van der Waals surface area contributed by atoms with Crippen molar-refractivity contribution in [2.75, 3.05) is 37.4 Å². The summed E-state index contributed by atoms with van der Waals surface area (Å²) < 4.78 is 19.5. The SMILES string of the molecule is OC(CCl)CNc1ccc(C2CNCCO2)c(F)c1. The predicted molar refractivity (Wildman–Crippen MR) is 73.2 cm³/mol. The monoisotopic (exact) mass is 288 g/mol. The molecule has 0 aromatic heterocycles. The Hall–Kier alpha value is -0.880. The summed E-state index contributed by atoms with van der Waals surface area (Å²) in [5, 5.41) is 15.4. The van der Waals surface area contributed by atoms with Crippen molar-refractivity contribution < 1.29 is 14.2 Å². The lowest BCUT2D eigenvalue weighted by Gasteiger charge is -2.24. The van der Waals surface area contributed by atoms with E-state index in [2.05, 4.69) is 10.6 Å². The van der Waals surface area contributed by atoms with Crippen molar-refractivity contribution in [2.24, 2.45) is 0 Å². The highest BCUT2D eigenvalue weighted by Gasteiger charge is 2.19. The molecule has 1 aliphatic heterocycles. The predicted octanol–water partition coefficient (Wildman–Crippen LogP) is 1.50. The molecule has 1 aromatic rings. The highest BCUT2D eigenvalue weighted by atomic mass is 35.5. The fourth-order valence-electron chi connectivity index (χ4n) is 1.95. The zero-order valence-electron chi connectivity index (χ0n) is 10.5. The van der Waals surface area contributed by atoms with Crippen molar-refractivity contribution >= 4 is 17.3 Å². The van der Waals surface area contributed by atoms with E-state index in [1.165, 1.54) is 6.07 Å². The highest BCUT2D eigenvalue weighted by molar-refractivity contribution is 6.18. The maximum absolute atomic E-state index is 14.0. The number of nitrogens with one attached hydrogen (secondary N) is 2.